The molecule has 0 bridgehead atoms. The summed E-state index contributed by atoms with van der Waals surface area (Å²) in [6.07, 6.45) is 0.659. The zero-order valence-electron chi connectivity index (χ0n) is 14.0. The second-order valence-corrected chi connectivity index (χ2v) is 5.03. The Labute approximate surface area is 149 Å². The molecule has 2 rings (SSSR count). The van der Waals surface area contributed by atoms with Gasteiger partial charge in [-0.3, -0.25) is 14.9 Å². The molecule has 0 aliphatic carbocycles. The highest BCUT2D eigenvalue weighted by molar-refractivity contribution is 6.01. The number of aldehydes is 1. The predicted octanol–water partition coefficient (Wildman–Crippen LogP) is 2.76. The lowest BCUT2D eigenvalue weighted by Crippen LogP contribution is -2.37. The minimum absolute atomic E-state index is 0.0539. The number of carbonyl (C=O) groups is 3. The summed E-state index contributed by atoms with van der Waals surface area (Å²) in [7, 11) is 0. The summed E-state index contributed by atoms with van der Waals surface area (Å²) in [5.74, 6) is -0.799. The third kappa shape index (κ3) is 5.30. The van der Waals surface area contributed by atoms with Gasteiger partial charge in [-0.25, -0.2) is 9.18 Å². The molecule has 0 aliphatic heterocycles. The minimum Gasteiger partial charge on any atom is -0.490 e. The van der Waals surface area contributed by atoms with E-state index in [1.165, 1.54) is 36.4 Å². The summed E-state index contributed by atoms with van der Waals surface area (Å²) >= 11 is 0. The Kier molecular flexibility index (Phi) is 6.67. The quantitative estimate of drug-likeness (QED) is 0.741. The fraction of sp³-hybridized carbons (Fsp3) is 0.167. The van der Waals surface area contributed by atoms with E-state index < -0.39 is 24.4 Å². The summed E-state index contributed by atoms with van der Waals surface area (Å²) in [4.78, 5) is 34.3. The van der Waals surface area contributed by atoms with Crippen LogP contribution >= 0.6 is 0 Å². The van der Waals surface area contributed by atoms with Gasteiger partial charge in [0, 0.05) is 5.56 Å². The van der Waals surface area contributed by atoms with Gasteiger partial charge in [-0.2, -0.15) is 0 Å². The number of hydrogen-bond acceptors (Lipinski definition) is 5. The van der Waals surface area contributed by atoms with Gasteiger partial charge >= 0.3 is 6.03 Å². The van der Waals surface area contributed by atoms with E-state index in [0.717, 1.165) is 0 Å². The molecular weight excluding hydrogens is 343 g/mol. The largest absolute Gasteiger partial charge is 0.490 e. The van der Waals surface area contributed by atoms with Gasteiger partial charge in [0.15, 0.2) is 18.1 Å². The SMILES string of the molecule is CCOc1cc(C=O)ccc1OCC(=O)NC(=O)Nc1ccccc1F. The number of urea groups is 1. The van der Waals surface area contributed by atoms with Gasteiger partial charge in [0.05, 0.1) is 12.3 Å². The number of amides is 3. The maximum atomic E-state index is 13.4. The third-order valence-corrected chi connectivity index (χ3v) is 3.14. The second kappa shape index (κ2) is 9.16. The maximum Gasteiger partial charge on any atom is 0.326 e. The van der Waals surface area contributed by atoms with Gasteiger partial charge < -0.3 is 14.8 Å². The van der Waals surface area contributed by atoms with E-state index >= 15 is 0 Å². The molecule has 7 nitrogen and oxygen atoms in total. The Balaban J connectivity index is 1.91. The van der Waals surface area contributed by atoms with E-state index in [1.54, 1.807) is 13.0 Å². The Morgan fingerprint density at radius 2 is 1.88 bits per heavy atom. The van der Waals surface area contributed by atoms with Crippen molar-refractivity contribution in [2.75, 3.05) is 18.5 Å². The van der Waals surface area contributed by atoms with Crippen LogP contribution in [0.2, 0.25) is 0 Å². The van der Waals surface area contributed by atoms with E-state index in [1.807, 2.05) is 5.32 Å². The van der Waals surface area contributed by atoms with Crippen molar-refractivity contribution in [3.05, 3.63) is 53.8 Å². The number of benzene rings is 2. The predicted molar refractivity (Wildman–Crippen MR) is 92.1 cm³/mol. The highest BCUT2D eigenvalue weighted by atomic mass is 19.1. The first-order valence-corrected chi connectivity index (χ1v) is 7.73. The number of rotatable bonds is 7. The van der Waals surface area contributed by atoms with Crippen LogP contribution in [-0.4, -0.2) is 31.4 Å². The van der Waals surface area contributed by atoms with Crippen LogP contribution < -0.4 is 20.1 Å². The lowest BCUT2D eigenvalue weighted by atomic mass is 10.2. The molecule has 0 fully saturated rings. The summed E-state index contributed by atoms with van der Waals surface area (Å²) < 4.78 is 24.1. The molecule has 0 aliphatic rings. The Hall–Kier alpha value is -3.42. The minimum atomic E-state index is -0.884. The molecule has 8 heteroatoms. The topological polar surface area (TPSA) is 93.7 Å². The zero-order valence-corrected chi connectivity index (χ0v) is 14.0. The van der Waals surface area contributed by atoms with Gasteiger partial charge in [-0.1, -0.05) is 12.1 Å². The summed E-state index contributed by atoms with van der Waals surface area (Å²) in [5, 5.41) is 4.24. The van der Waals surface area contributed by atoms with Crippen LogP contribution in [0.3, 0.4) is 0 Å². The van der Waals surface area contributed by atoms with Crippen molar-refractivity contribution in [2.24, 2.45) is 0 Å². The number of nitrogens with one attached hydrogen (secondary N) is 2. The number of halogens is 1. The molecule has 0 unspecified atom stereocenters. The number of anilines is 1. The standard InChI is InChI=1S/C18H17FN2O5/c1-2-25-16-9-12(10-22)7-8-15(16)26-11-17(23)21-18(24)20-14-6-4-3-5-13(14)19/h3-10H,2,11H2,1H3,(H2,20,21,23,24). The number of para-hydroxylation sites is 1. The van der Waals surface area contributed by atoms with E-state index in [0.29, 0.717) is 24.2 Å². The fourth-order valence-corrected chi connectivity index (χ4v) is 2.01. The van der Waals surface area contributed by atoms with Crippen molar-refractivity contribution >= 4 is 23.9 Å². The third-order valence-electron chi connectivity index (χ3n) is 3.14. The smallest absolute Gasteiger partial charge is 0.326 e. The zero-order chi connectivity index (χ0) is 18.9. The Morgan fingerprint density at radius 3 is 2.58 bits per heavy atom. The van der Waals surface area contributed by atoms with Crippen LogP contribution in [0.1, 0.15) is 17.3 Å². The first-order valence-electron chi connectivity index (χ1n) is 7.73. The summed E-state index contributed by atoms with van der Waals surface area (Å²) in [6.45, 7) is 1.64. The summed E-state index contributed by atoms with van der Waals surface area (Å²) in [5.41, 5.74) is 0.344. The molecule has 136 valence electrons. The van der Waals surface area contributed by atoms with Crippen LogP contribution in [0, 0.1) is 5.82 Å². The van der Waals surface area contributed by atoms with Crippen LogP contribution in [-0.2, 0) is 4.79 Å². The maximum absolute atomic E-state index is 13.4. The van der Waals surface area contributed by atoms with Crippen molar-refractivity contribution < 1.29 is 28.2 Å². The highest BCUT2D eigenvalue weighted by Crippen LogP contribution is 2.27. The molecule has 2 aromatic carbocycles. The second-order valence-electron chi connectivity index (χ2n) is 5.03. The lowest BCUT2D eigenvalue weighted by molar-refractivity contribution is -0.121. The van der Waals surface area contributed by atoms with Gasteiger partial charge in [0.1, 0.15) is 12.1 Å². The number of imide groups is 1. The molecule has 0 heterocycles. The van der Waals surface area contributed by atoms with Crippen molar-refractivity contribution in [2.45, 2.75) is 6.92 Å². The van der Waals surface area contributed by atoms with Crippen LogP contribution in [0.15, 0.2) is 42.5 Å². The van der Waals surface area contributed by atoms with E-state index in [-0.39, 0.29) is 11.4 Å². The number of carbonyl (C=O) groups excluding carboxylic acids is 3. The molecular formula is C18H17FN2O5. The van der Waals surface area contributed by atoms with Gasteiger partial charge in [-0.05, 0) is 37.3 Å². The molecule has 0 atom stereocenters. The van der Waals surface area contributed by atoms with Crippen LogP contribution in [0.5, 0.6) is 11.5 Å². The normalized spacial score (nSPS) is 9.92. The van der Waals surface area contributed by atoms with E-state index in [2.05, 4.69) is 5.32 Å². The van der Waals surface area contributed by atoms with Crippen molar-refractivity contribution in [1.82, 2.24) is 5.32 Å². The van der Waals surface area contributed by atoms with Crippen molar-refractivity contribution in [1.29, 1.82) is 0 Å². The first kappa shape index (κ1) is 18.9. The number of ether oxygens (including phenoxy) is 2. The first-order chi connectivity index (χ1) is 12.5. The average Bonchev–Trinajstić information content (AvgIpc) is 2.62. The molecule has 26 heavy (non-hydrogen) atoms. The monoisotopic (exact) mass is 360 g/mol. The fourth-order valence-electron chi connectivity index (χ4n) is 2.01. The molecule has 0 aromatic heterocycles. The molecule has 0 saturated carbocycles. The molecule has 3 amide bonds. The molecule has 0 saturated heterocycles. The Morgan fingerprint density at radius 1 is 1.12 bits per heavy atom. The van der Waals surface area contributed by atoms with Crippen molar-refractivity contribution in [3.8, 4) is 11.5 Å². The average molecular weight is 360 g/mol. The molecule has 0 radical (unpaired) electrons. The van der Waals surface area contributed by atoms with Gasteiger partial charge in [0.25, 0.3) is 5.91 Å². The lowest BCUT2D eigenvalue weighted by Gasteiger charge is -2.12. The number of hydrogen-bond donors (Lipinski definition) is 2. The van der Waals surface area contributed by atoms with Gasteiger partial charge in [-0.15, -0.1) is 0 Å². The van der Waals surface area contributed by atoms with Crippen LogP contribution in [0.4, 0.5) is 14.9 Å². The van der Waals surface area contributed by atoms with Crippen molar-refractivity contribution in [3.63, 3.8) is 0 Å². The molecule has 2 N–H and O–H groups in total. The van der Waals surface area contributed by atoms with Gasteiger partial charge in [0.2, 0.25) is 0 Å². The Bertz CT molecular complexity index is 810. The van der Waals surface area contributed by atoms with E-state index in [4.69, 9.17) is 9.47 Å². The molecule has 0 spiro atoms. The molecule has 2 aromatic rings. The highest BCUT2D eigenvalue weighted by Gasteiger charge is 2.13. The van der Waals surface area contributed by atoms with Crippen LogP contribution in [0.25, 0.3) is 0 Å². The van der Waals surface area contributed by atoms with E-state index in [9.17, 15) is 18.8 Å². The summed E-state index contributed by atoms with van der Waals surface area (Å²) in [6, 6.07) is 9.15.